The second-order valence-electron chi connectivity index (χ2n) is 9.69. The minimum absolute atomic E-state index is 0.0148. The van der Waals surface area contributed by atoms with E-state index in [1.54, 1.807) is 54.6 Å². The third-order valence-electron chi connectivity index (χ3n) is 6.72. The first kappa shape index (κ1) is 32.2. The molecule has 1 unspecified atom stereocenters. The fraction of sp³-hybridized carbons (Fsp3) is 0.125. The molecule has 3 aromatic carbocycles. The van der Waals surface area contributed by atoms with E-state index in [9.17, 15) is 14.4 Å². The van der Waals surface area contributed by atoms with Crippen molar-refractivity contribution in [3.63, 3.8) is 0 Å². The number of nitrogens with one attached hydrogen (secondary N) is 1. The van der Waals surface area contributed by atoms with E-state index in [2.05, 4.69) is 31.0 Å². The van der Waals surface area contributed by atoms with Crippen LogP contribution in [0.1, 0.15) is 33.4 Å². The molecular formula is C32H26AsClN7O5. The molecule has 1 radical (unpaired) electrons. The molecular weight excluding hydrogens is 673 g/mol. The van der Waals surface area contributed by atoms with E-state index < -0.39 is 33.7 Å². The van der Waals surface area contributed by atoms with Gasteiger partial charge in [-0.25, -0.2) is 0 Å². The van der Waals surface area contributed by atoms with Crippen LogP contribution in [0.5, 0.6) is 0 Å². The first-order valence-corrected chi connectivity index (χ1v) is 16.0. The topological polar surface area (TPSA) is 151 Å². The molecule has 2 aromatic heterocycles. The zero-order valence-corrected chi connectivity index (χ0v) is 27.2. The first-order chi connectivity index (χ1) is 22.3. The molecule has 0 aliphatic rings. The summed E-state index contributed by atoms with van der Waals surface area (Å²) in [5, 5.41) is 23.4. The van der Waals surface area contributed by atoms with Crippen molar-refractivity contribution in [3.8, 4) is 16.8 Å². The molecule has 2 heterocycles. The number of amides is 1. The SMILES string of the molecule is COC(=O)[As]c1ccc(-c2cc(C(Cc3ccccc3)NC(=O)/C=C/c3cc(Cl)ccc3-n3cnnn3)nnc2C(=O)OC)cc1. The number of hydrogen-bond acceptors (Lipinski definition) is 10. The quantitative estimate of drug-likeness (QED) is 0.123. The molecule has 0 saturated carbocycles. The number of tetrazole rings is 1. The van der Waals surface area contributed by atoms with Crippen LogP contribution >= 0.6 is 11.6 Å². The van der Waals surface area contributed by atoms with E-state index in [0.717, 1.165) is 9.91 Å². The maximum atomic E-state index is 13.4. The number of benzene rings is 3. The molecule has 0 aliphatic heterocycles. The Bertz CT molecular complexity index is 1870. The van der Waals surface area contributed by atoms with Gasteiger partial charge in [0.05, 0.1) is 5.69 Å². The summed E-state index contributed by atoms with van der Waals surface area (Å²) in [5.74, 6) is -1.06. The molecule has 12 nitrogen and oxygen atoms in total. The van der Waals surface area contributed by atoms with Gasteiger partial charge in [-0.3, -0.25) is 0 Å². The molecule has 5 rings (SSSR count). The molecule has 1 amide bonds. The number of ether oxygens (including phenoxy) is 2. The van der Waals surface area contributed by atoms with Crippen molar-refractivity contribution < 1.29 is 23.9 Å². The standard InChI is InChI=1S/C32H26AsClN7O5/c1-45-31(43)30-25(21-8-11-23(12-9-21)33-32(44)46-2)18-27(37-38-30)26(16-20-6-4-3-5-7-20)36-29(42)15-10-22-17-24(34)13-14-28(22)41-19-35-39-40-41/h3-15,17-19,26H,16H2,1-2H3,(H,36,42)/b15-10+. The normalized spacial score (nSPS) is 11.9. The van der Waals surface area contributed by atoms with Crippen LogP contribution in [0.2, 0.25) is 5.02 Å². The number of esters is 1. The predicted molar refractivity (Wildman–Crippen MR) is 171 cm³/mol. The zero-order chi connectivity index (χ0) is 32.5. The molecule has 5 aromatic rings. The number of methoxy groups -OCH3 is 2. The Hall–Kier alpha value is -5.19. The fourth-order valence-electron chi connectivity index (χ4n) is 4.51. The molecule has 0 spiro atoms. The van der Waals surface area contributed by atoms with E-state index in [4.69, 9.17) is 21.1 Å². The number of hydrogen-bond donors (Lipinski definition) is 1. The number of nitrogens with zero attached hydrogens (tertiary/aromatic N) is 6. The number of rotatable bonds is 11. The van der Waals surface area contributed by atoms with E-state index in [1.807, 2.05) is 30.3 Å². The van der Waals surface area contributed by atoms with Crippen LogP contribution < -0.4 is 9.67 Å². The van der Waals surface area contributed by atoms with Crippen molar-refractivity contribution in [2.75, 3.05) is 14.2 Å². The van der Waals surface area contributed by atoms with Gasteiger partial charge in [0.1, 0.15) is 6.33 Å². The minimum atomic E-state index is -0.827. The van der Waals surface area contributed by atoms with Crippen LogP contribution in [0, 0.1) is 0 Å². The number of aromatic nitrogens is 6. The van der Waals surface area contributed by atoms with Crippen molar-refractivity contribution in [1.82, 2.24) is 35.7 Å². The Kier molecular flexibility index (Phi) is 10.6. The van der Waals surface area contributed by atoms with E-state index >= 15 is 0 Å². The second-order valence-corrected chi connectivity index (χ2v) is 12.4. The van der Waals surface area contributed by atoms with Crippen molar-refractivity contribution >= 4 is 54.4 Å². The molecule has 0 aliphatic carbocycles. The maximum absolute atomic E-state index is 13.4. The molecule has 1 N–H and O–H groups in total. The van der Waals surface area contributed by atoms with Crippen LogP contribution in [0.3, 0.4) is 0 Å². The first-order valence-electron chi connectivity index (χ1n) is 13.8. The van der Waals surface area contributed by atoms with Gasteiger partial charge in [0.2, 0.25) is 0 Å². The Labute approximate surface area is 275 Å². The summed E-state index contributed by atoms with van der Waals surface area (Å²) in [6, 6.07) is 23.0. The summed E-state index contributed by atoms with van der Waals surface area (Å²) in [6.07, 6.45) is 4.84. The summed E-state index contributed by atoms with van der Waals surface area (Å²) < 4.78 is 11.8. The summed E-state index contributed by atoms with van der Waals surface area (Å²) in [5.41, 5.74) is 3.77. The van der Waals surface area contributed by atoms with E-state index in [-0.39, 0.29) is 10.5 Å². The summed E-state index contributed by atoms with van der Waals surface area (Å²) in [6.45, 7) is 0. The van der Waals surface area contributed by atoms with Gasteiger partial charge in [-0.15, -0.1) is 5.10 Å². The average Bonchev–Trinajstić information content (AvgIpc) is 3.62. The molecule has 231 valence electrons. The molecule has 0 saturated heterocycles. The molecule has 14 heteroatoms. The van der Waals surface area contributed by atoms with Gasteiger partial charge < -0.3 is 0 Å². The molecule has 0 bridgehead atoms. The van der Waals surface area contributed by atoms with E-state index in [0.29, 0.717) is 39.5 Å². The molecule has 46 heavy (non-hydrogen) atoms. The third kappa shape index (κ3) is 8.09. The average molecular weight is 699 g/mol. The number of carbonyl (C=O) groups excluding carboxylic acids is 3. The van der Waals surface area contributed by atoms with Crippen LogP contribution in [-0.4, -0.2) is 77.0 Å². The van der Waals surface area contributed by atoms with Crippen molar-refractivity contribution in [3.05, 3.63) is 119 Å². The van der Waals surface area contributed by atoms with Crippen molar-refractivity contribution in [1.29, 1.82) is 0 Å². The van der Waals surface area contributed by atoms with Crippen molar-refractivity contribution in [2.24, 2.45) is 0 Å². The van der Waals surface area contributed by atoms with Gasteiger partial charge in [-0.2, -0.15) is 4.68 Å². The monoisotopic (exact) mass is 698 g/mol. The second kappa shape index (κ2) is 15.2. The van der Waals surface area contributed by atoms with Gasteiger partial charge in [-0.05, 0) is 28.6 Å². The van der Waals surface area contributed by atoms with Crippen LogP contribution in [-0.2, 0) is 20.7 Å². The predicted octanol–water partition coefficient (Wildman–Crippen LogP) is 3.77. The van der Waals surface area contributed by atoms with Gasteiger partial charge in [0.15, 0.2) is 0 Å². The van der Waals surface area contributed by atoms with Gasteiger partial charge in [0.25, 0.3) is 0 Å². The molecule has 0 fully saturated rings. The summed E-state index contributed by atoms with van der Waals surface area (Å²) in [4.78, 5) is 37.8. The van der Waals surface area contributed by atoms with Crippen molar-refractivity contribution in [2.45, 2.75) is 12.5 Å². The van der Waals surface area contributed by atoms with Gasteiger partial charge in [0, 0.05) is 10.6 Å². The van der Waals surface area contributed by atoms with Gasteiger partial charge >= 0.3 is 198 Å². The Morgan fingerprint density at radius 1 is 0.978 bits per heavy atom. The van der Waals surface area contributed by atoms with E-state index in [1.165, 1.54) is 31.3 Å². The van der Waals surface area contributed by atoms with Crippen LogP contribution in [0.4, 0.5) is 4.79 Å². The number of carbonyl (C=O) groups is 3. The van der Waals surface area contributed by atoms with Gasteiger partial charge in [-0.1, -0.05) is 17.7 Å². The third-order valence-corrected chi connectivity index (χ3v) is 8.89. The zero-order valence-electron chi connectivity index (χ0n) is 24.6. The Balaban J connectivity index is 1.48. The Morgan fingerprint density at radius 2 is 1.76 bits per heavy atom. The molecule has 1 atom stereocenters. The summed E-state index contributed by atoms with van der Waals surface area (Å²) >= 11 is 5.41. The van der Waals surface area contributed by atoms with Crippen LogP contribution in [0.15, 0.2) is 91.3 Å². The van der Waals surface area contributed by atoms with Crippen LogP contribution in [0.25, 0.3) is 22.9 Å². The number of halogens is 1. The summed E-state index contributed by atoms with van der Waals surface area (Å²) in [7, 11) is 2.62. The fourth-order valence-corrected chi connectivity index (χ4v) is 5.95. The Morgan fingerprint density at radius 3 is 2.46 bits per heavy atom.